The van der Waals surface area contributed by atoms with E-state index < -0.39 is 10.0 Å². The number of fused-ring (bicyclic) bond motifs is 1. The van der Waals surface area contributed by atoms with Gasteiger partial charge in [0.25, 0.3) is 5.91 Å². The van der Waals surface area contributed by atoms with E-state index in [1.165, 1.54) is 16.4 Å². The second-order valence-electron chi connectivity index (χ2n) is 7.48. The fourth-order valence-corrected chi connectivity index (χ4v) is 6.58. The van der Waals surface area contributed by atoms with Gasteiger partial charge in [0, 0.05) is 44.8 Å². The molecule has 170 valence electrons. The minimum absolute atomic E-state index is 0.0937. The van der Waals surface area contributed by atoms with Gasteiger partial charge >= 0.3 is 0 Å². The van der Waals surface area contributed by atoms with Gasteiger partial charge in [0.05, 0.1) is 14.6 Å². The Morgan fingerprint density at radius 1 is 1.06 bits per heavy atom. The number of carbonyl (C=O) groups excluding carboxylic acids is 1. The molecule has 32 heavy (non-hydrogen) atoms. The number of halogens is 1. The van der Waals surface area contributed by atoms with Gasteiger partial charge in [0.1, 0.15) is 5.52 Å². The van der Waals surface area contributed by atoms with Gasteiger partial charge in [-0.3, -0.25) is 4.79 Å². The summed E-state index contributed by atoms with van der Waals surface area (Å²) in [5.74, 6) is -0.0937. The third-order valence-corrected chi connectivity index (χ3v) is 9.09. The Morgan fingerprint density at radius 2 is 1.72 bits per heavy atom. The lowest BCUT2D eigenvalue weighted by atomic mass is 10.2. The van der Waals surface area contributed by atoms with Crippen LogP contribution in [-0.4, -0.2) is 67.8 Å². The zero-order valence-electron chi connectivity index (χ0n) is 18.0. The van der Waals surface area contributed by atoms with Gasteiger partial charge in [-0.05, 0) is 36.4 Å². The normalized spacial score (nSPS) is 15.0. The number of aromatic nitrogens is 1. The van der Waals surface area contributed by atoms with Crippen molar-refractivity contribution >= 4 is 54.2 Å². The number of carbonyl (C=O) groups is 1. The molecular weight excluding hydrogens is 468 g/mol. The minimum atomic E-state index is -3.53. The van der Waals surface area contributed by atoms with Crippen molar-refractivity contribution in [2.24, 2.45) is 0 Å². The molecule has 1 amide bonds. The highest BCUT2D eigenvalue weighted by atomic mass is 35.5. The summed E-state index contributed by atoms with van der Waals surface area (Å²) in [6.45, 7) is 6.93. The predicted molar refractivity (Wildman–Crippen MR) is 129 cm³/mol. The Labute approximate surface area is 197 Å². The summed E-state index contributed by atoms with van der Waals surface area (Å²) in [5, 5.41) is 1.55. The molecule has 0 aliphatic carbocycles. The maximum atomic E-state index is 13.0. The van der Waals surface area contributed by atoms with Crippen molar-refractivity contribution in [3.05, 3.63) is 53.1 Å². The maximum Gasteiger partial charge on any atom is 0.253 e. The first kappa shape index (κ1) is 23.0. The summed E-state index contributed by atoms with van der Waals surface area (Å²) in [6, 6.07) is 12.0. The van der Waals surface area contributed by atoms with Crippen LogP contribution >= 0.6 is 22.9 Å². The lowest BCUT2D eigenvalue weighted by Crippen LogP contribution is -2.48. The molecule has 1 aliphatic heterocycles. The summed E-state index contributed by atoms with van der Waals surface area (Å²) in [4.78, 5) is 21.8. The van der Waals surface area contributed by atoms with E-state index in [1.54, 1.807) is 28.4 Å². The molecule has 1 fully saturated rings. The van der Waals surface area contributed by atoms with Crippen LogP contribution in [0.2, 0.25) is 5.02 Å². The number of thiazole rings is 1. The van der Waals surface area contributed by atoms with Crippen molar-refractivity contribution in [1.29, 1.82) is 0 Å². The van der Waals surface area contributed by atoms with Crippen LogP contribution in [0.25, 0.3) is 10.2 Å². The van der Waals surface area contributed by atoms with E-state index in [4.69, 9.17) is 11.6 Å². The highest BCUT2D eigenvalue weighted by Gasteiger charge is 2.26. The van der Waals surface area contributed by atoms with Crippen LogP contribution in [0.4, 0.5) is 5.13 Å². The summed E-state index contributed by atoms with van der Waals surface area (Å²) in [5.41, 5.74) is 1.30. The number of piperazine rings is 1. The molecule has 4 rings (SSSR count). The second-order valence-corrected chi connectivity index (χ2v) is 10.8. The largest absolute Gasteiger partial charge is 0.345 e. The molecule has 1 aromatic heterocycles. The molecule has 3 aromatic rings. The molecule has 0 saturated carbocycles. The van der Waals surface area contributed by atoms with E-state index in [1.807, 2.05) is 32.0 Å². The van der Waals surface area contributed by atoms with E-state index in [9.17, 15) is 13.2 Å². The zero-order valence-corrected chi connectivity index (χ0v) is 20.4. The van der Waals surface area contributed by atoms with Gasteiger partial charge in [0.2, 0.25) is 10.0 Å². The van der Waals surface area contributed by atoms with Crippen LogP contribution in [0, 0.1) is 0 Å². The number of para-hydroxylation sites is 1. The van der Waals surface area contributed by atoms with Gasteiger partial charge in [-0.15, -0.1) is 0 Å². The molecule has 1 saturated heterocycles. The van der Waals surface area contributed by atoms with E-state index in [-0.39, 0.29) is 10.8 Å². The Morgan fingerprint density at radius 3 is 2.31 bits per heavy atom. The Kier molecular flexibility index (Phi) is 6.71. The number of benzene rings is 2. The van der Waals surface area contributed by atoms with Crippen molar-refractivity contribution in [3.8, 4) is 0 Å². The van der Waals surface area contributed by atoms with Gasteiger partial charge in [-0.1, -0.05) is 42.9 Å². The van der Waals surface area contributed by atoms with Gasteiger partial charge in [-0.25, -0.2) is 13.4 Å². The number of hydrogen-bond donors (Lipinski definition) is 0. The summed E-state index contributed by atoms with van der Waals surface area (Å²) in [7, 11) is -3.53. The quantitative estimate of drug-likeness (QED) is 0.521. The molecular formula is C22H25ClN4O3S2. The van der Waals surface area contributed by atoms with Crippen molar-refractivity contribution in [2.75, 3.05) is 44.2 Å². The number of rotatable bonds is 6. The van der Waals surface area contributed by atoms with Gasteiger partial charge < -0.3 is 9.80 Å². The van der Waals surface area contributed by atoms with Crippen LogP contribution < -0.4 is 4.90 Å². The number of hydrogen-bond acceptors (Lipinski definition) is 6. The standard InChI is InChI=1S/C22H25ClN4O3S2/c1-3-27(4-2)32(29,30)17-10-8-16(9-11-17)21(28)25-12-14-26(15-13-25)22-24-20-18(23)6-5-7-19(20)31-22/h5-11H,3-4,12-15H2,1-2H3. The molecule has 1 aliphatic rings. The van der Waals surface area contributed by atoms with E-state index in [2.05, 4.69) is 9.88 Å². The molecule has 2 heterocycles. The second kappa shape index (κ2) is 9.35. The molecule has 2 aromatic carbocycles. The first-order chi connectivity index (χ1) is 15.3. The smallest absolute Gasteiger partial charge is 0.253 e. The first-order valence-electron chi connectivity index (χ1n) is 10.5. The molecule has 0 atom stereocenters. The van der Waals surface area contributed by atoms with E-state index in [0.29, 0.717) is 49.9 Å². The predicted octanol–water partition coefficient (Wildman–Crippen LogP) is 3.94. The van der Waals surface area contributed by atoms with Crippen molar-refractivity contribution in [2.45, 2.75) is 18.7 Å². The summed E-state index contributed by atoms with van der Waals surface area (Å²) < 4.78 is 27.7. The summed E-state index contributed by atoms with van der Waals surface area (Å²) in [6.07, 6.45) is 0. The average Bonchev–Trinajstić information content (AvgIpc) is 3.25. The Balaban J connectivity index is 1.42. The maximum absolute atomic E-state index is 13.0. The fraction of sp³-hybridized carbons (Fsp3) is 0.364. The molecule has 7 nitrogen and oxygen atoms in total. The lowest BCUT2D eigenvalue weighted by Gasteiger charge is -2.34. The fourth-order valence-electron chi connectivity index (χ4n) is 3.80. The van der Waals surface area contributed by atoms with Crippen LogP contribution in [-0.2, 0) is 10.0 Å². The third-order valence-electron chi connectivity index (χ3n) is 5.64. The van der Waals surface area contributed by atoms with Crippen molar-refractivity contribution < 1.29 is 13.2 Å². The van der Waals surface area contributed by atoms with Gasteiger partial charge in [0.15, 0.2) is 5.13 Å². The first-order valence-corrected chi connectivity index (χ1v) is 13.2. The number of anilines is 1. The highest BCUT2D eigenvalue weighted by molar-refractivity contribution is 7.89. The van der Waals surface area contributed by atoms with Crippen LogP contribution in [0.15, 0.2) is 47.4 Å². The van der Waals surface area contributed by atoms with Crippen LogP contribution in [0.1, 0.15) is 24.2 Å². The van der Waals surface area contributed by atoms with Gasteiger partial charge in [-0.2, -0.15) is 4.31 Å². The number of sulfonamides is 1. The Hall–Kier alpha value is -2.20. The van der Waals surface area contributed by atoms with Crippen molar-refractivity contribution in [1.82, 2.24) is 14.2 Å². The zero-order chi connectivity index (χ0) is 22.9. The molecule has 0 bridgehead atoms. The third kappa shape index (κ3) is 4.34. The van der Waals surface area contributed by atoms with Crippen LogP contribution in [0.3, 0.4) is 0 Å². The van der Waals surface area contributed by atoms with Crippen LogP contribution in [0.5, 0.6) is 0 Å². The SMILES string of the molecule is CCN(CC)S(=O)(=O)c1ccc(C(=O)N2CCN(c3nc4c(Cl)cccc4s3)CC2)cc1. The molecule has 10 heteroatoms. The lowest BCUT2D eigenvalue weighted by molar-refractivity contribution is 0.0746. The number of amides is 1. The topological polar surface area (TPSA) is 73.8 Å². The number of nitrogens with zero attached hydrogens (tertiary/aromatic N) is 4. The molecule has 0 unspecified atom stereocenters. The van der Waals surface area contributed by atoms with E-state index >= 15 is 0 Å². The minimum Gasteiger partial charge on any atom is -0.345 e. The summed E-state index contributed by atoms with van der Waals surface area (Å²) >= 11 is 7.85. The highest BCUT2D eigenvalue weighted by Crippen LogP contribution is 2.33. The monoisotopic (exact) mass is 492 g/mol. The van der Waals surface area contributed by atoms with Crippen molar-refractivity contribution in [3.63, 3.8) is 0 Å². The average molecular weight is 493 g/mol. The Bertz CT molecular complexity index is 1220. The van der Waals surface area contributed by atoms with E-state index in [0.717, 1.165) is 15.3 Å². The molecule has 0 radical (unpaired) electrons. The molecule has 0 spiro atoms. The molecule has 0 N–H and O–H groups in total.